The van der Waals surface area contributed by atoms with E-state index in [1.807, 2.05) is 75.3 Å². The largest absolute Gasteiger partial charge is 0.353 e. The lowest BCUT2D eigenvalue weighted by Crippen LogP contribution is -2.46. The predicted molar refractivity (Wildman–Crippen MR) is 125 cm³/mol. The van der Waals surface area contributed by atoms with Crippen molar-refractivity contribution < 1.29 is 19.2 Å². The van der Waals surface area contributed by atoms with Crippen LogP contribution in [0.3, 0.4) is 0 Å². The van der Waals surface area contributed by atoms with Crippen molar-refractivity contribution in [2.75, 3.05) is 27.2 Å². The Bertz CT molecular complexity index is 1070. The Morgan fingerprint density at radius 1 is 1.09 bits per heavy atom. The lowest BCUT2D eigenvalue weighted by Gasteiger charge is -2.28. The van der Waals surface area contributed by atoms with E-state index in [0.29, 0.717) is 6.54 Å². The first-order valence-corrected chi connectivity index (χ1v) is 10.9. The quantitative estimate of drug-likeness (QED) is 0.427. The van der Waals surface area contributed by atoms with Gasteiger partial charge in [-0.05, 0) is 50.3 Å². The molecule has 4 N–H and O–H groups in total. The molecule has 2 aromatic carbocycles. The molecule has 0 spiro atoms. The number of hydrogen-bond donors (Lipinski definition) is 4. The summed E-state index contributed by atoms with van der Waals surface area (Å²) in [5.41, 5.74) is 0.209. The summed E-state index contributed by atoms with van der Waals surface area (Å²) in [5, 5.41) is 12.5. The van der Waals surface area contributed by atoms with Crippen LogP contribution in [0.25, 0.3) is 10.8 Å². The normalized spacial score (nSPS) is 16.9. The average Bonchev–Trinajstić information content (AvgIpc) is 3.05. The van der Waals surface area contributed by atoms with Crippen LogP contribution in [0.2, 0.25) is 0 Å². The highest BCUT2D eigenvalue weighted by Gasteiger charge is 2.32. The zero-order valence-electron chi connectivity index (χ0n) is 19.4. The van der Waals surface area contributed by atoms with Crippen molar-refractivity contribution in [3.05, 3.63) is 48.0 Å². The molecule has 1 fully saturated rings. The zero-order valence-corrected chi connectivity index (χ0v) is 19.4. The van der Waals surface area contributed by atoms with E-state index >= 15 is 0 Å². The first kappa shape index (κ1) is 24.2. The number of nitrogens with zero attached hydrogens (tertiary/aromatic N) is 1. The molecule has 176 valence electrons. The Hall–Kier alpha value is -3.46. The van der Waals surface area contributed by atoms with Crippen molar-refractivity contribution in [3.8, 4) is 0 Å². The van der Waals surface area contributed by atoms with Crippen LogP contribution >= 0.6 is 0 Å². The highest BCUT2D eigenvalue weighted by Crippen LogP contribution is 2.22. The van der Waals surface area contributed by atoms with E-state index in [2.05, 4.69) is 21.3 Å². The van der Waals surface area contributed by atoms with Gasteiger partial charge in [-0.2, -0.15) is 0 Å². The van der Waals surface area contributed by atoms with Crippen molar-refractivity contribution in [1.82, 2.24) is 26.2 Å². The Balaban J connectivity index is 1.76. The number of rotatable bonds is 9. The maximum atomic E-state index is 12.8. The van der Waals surface area contributed by atoms with Gasteiger partial charge in [0.25, 0.3) is 5.91 Å². The molecule has 0 radical (unpaired) electrons. The highest BCUT2D eigenvalue weighted by atomic mass is 16.2. The molecule has 33 heavy (non-hydrogen) atoms. The van der Waals surface area contributed by atoms with Gasteiger partial charge in [-0.15, -0.1) is 0 Å². The molecule has 9 heteroatoms. The summed E-state index contributed by atoms with van der Waals surface area (Å²) in [6, 6.07) is 11.7. The molecule has 1 aliphatic rings. The number of amides is 5. The number of carbonyl (C=O) groups is 4. The summed E-state index contributed by atoms with van der Waals surface area (Å²) in [6.45, 7) is 4.49. The van der Waals surface area contributed by atoms with Crippen LogP contribution in [0.5, 0.6) is 0 Å². The van der Waals surface area contributed by atoms with E-state index in [0.717, 1.165) is 16.3 Å². The molecule has 2 unspecified atom stereocenters. The van der Waals surface area contributed by atoms with Gasteiger partial charge < -0.3 is 20.9 Å². The second kappa shape index (κ2) is 9.99. The third kappa shape index (κ3) is 6.29. The maximum absolute atomic E-state index is 12.8. The average molecular weight is 454 g/mol. The van der Waals surface area contributed by atoms with Crippen LogP contribution in [-0.4, -0.2) is 61.9 Å². The monoisotopic (exact) mass is 453 g/mol. The summed E-state index contributed by atoms with van der Waals surface area (Å²) >= 11 is 0. The summed E-state index contributed by atoms with van der Waals surface area (Å²) in [6.07, 6.45) is -0.193. The molecule has 1 aliphatic heterocycles. The van der Waals surface area contributed by atoms with Crippen molar-refractivity contribution in [2.24, 2.45) is 5.41 Å². The van der Waals surface area contributed by atoms with Crippen LogP contribution in [0, 0.1) is 5.41 Å². The molecule has 1 heterocycles. The molecule has 0 saturated carbocycles. The summed E-state index contributed by atoms with van der Waals surface area (Å²) in [5.74, 6) is -1.06. The fourth-order valence-corrected chi connectivity index (χ4v) is 4.01. The van der Waals surface area contributed by atoms with Gasteiger partial charge in [-0.1, -0.05) is 36.4 Å². The molecule has 0 aromatic heterocycles. The smallest absolute Gasteiger partial charge is 0.322 e. The van der Waals surface area contributed by atoms with Gasteiger partial charge in [-0.3, -0.25) is 19.7 Å². The van der Waals surface area contributed by atoms with Gasteiger partial charge in [0.2, 0.25) is 11.8 Å². The van der Waals surface area contributed by atoms with Crippen molar-refractivity contribution >= 4 is 34.5 Å². The lowest BCUT2D eigenvalue weighted by atomic mass is 9.91. The minimum absolute atomic E-state index is 0.126. The topological polar surface area (TPSA) is 120 Å². The van der Waals surface area contributed by atoms with E-state index in [-0.39, 0.29) is 18.9 Å². The molecule has 2 aromatic rings. The fourth-order valence-electron chi connectivity index (χ4n) is 4.01. The molecule has 2 atom stereocenters. The number of imide groups is 1. The van der Waals surface area contributed by atoms with Gasteiger partial charge in [0.15, 0.2) is 0 Å². The number of nitrogens with one attached hydrogen (secondary N) is 4. The van der Waals surface area contributed by atoms with E-state index in [1.54, 1.807) is 0 Å². The molecular weight excluding hydrogens is 422 g/mol. The van der Waals surface area contributed by atoms with E-state index in [9.17, 15) is 19.2 Å². The lowest BCUT2D eigenvalue weighted by molar-refractivity contribution is -0.130. The number of hydrogen-bond acceptors (Lipinski definition) is 5. The third-order valence-corrected chi connectivity index (χ3v) is 5.55. The Morgan fingerprint density at radius 2 is 1.79 bits per heavy atom. The first-order chi connectivity index (χ1) is 15.5. The minimum Gasteiger partial charge on any atom is -0.353 e. The highest BCUT2D eigenvalue weighted by molar-refractivity contribution is 6.05. The second-order valence-corrected chi connectivity index (χ2v) is 9.28. The molecule has 5 amide bonds. The Labute approximate surface area is 193 Å². The molecule has 0 aliphatic carbocycles. The second-order valence-electron chi connectivity index (χ2n) is 9.28. The van der Waals surface area contributed by atoms with Crippen LogP contribution in [0.1, 0.15) is 31.9 Å². The molecule has 0 bridgehead atoms. The molecule has 3 rings (SSSR count). The summed E-state index contributed by atoms with van der Waals surface area (Å²) in [7, 11) is 3.82. The SMILES string of the molecule is CN(C)CC(C)(C)C(=O)NCC(NC(=O)CC1NC(=O)NC1=O)c1ccc2ccccc2c1. The summed E-state index contributed by atoms with van der Waals surface area (Å²) < 4.78 is 0. The van der Waals surface area contributed by atoms with Gasteiger partial charge in [0.1, 0.15) is 6.04 Å². The minimum atomic E-state index is -0.914. The van der Waals surface area contributed by atoms with E-state index in [4.69, 9.17) is 0 Å². The molecular formula is C24H31N5O4. The maximum Gasteiger partial charge on any atom is 0.322 e. The number of urea groups is 1. The van der Waals surface area contributed by atoms with Crippen LogP contribution in [0.15, 0.2) is 42.5 Å². The Kier molecular flexibility index (Phi) is 7.33. The third-order valence-electron chi connectivity index (χ3n) is 5.55. The van der Waals surface area contributed by atoms with E-state index < -0.39 is 35.3 Å². The molecule has 9 nitrogen and oxygen atoms in total. The summed E-state index contributed by atoms with van der Waals surface area (Å²) in [4.78, 5) is 50.6. The number of carbonyl (C=O) groups excluding carboxylic acids is 4. The standard InChI is InChI=1S/C24H31N5O4/c1-24(2,14-29(3)4)22(32)25-13-19(17-10-9-15-7-5-6-8-16(15)11-17)26-20(30)12-18-21(31)28-23(33)27-18/h5-11,18-19H,12-14H2,1-4H3,(H,25,32)(H,26,30)(H2,27,28,31,33). The number of fused-ring (bicyclic) bond motifs is 1. The van der Waals surface area contributed by atoms with Crippen molar-refractivity contribution in [1.29, 1.82) is 0 Å². The van der Waals surface area contributed by atoms with E-state index in [1.165, 1.54) is 0 Å². The predicted octanol–water partition coefficient (Wildman–Crippen LogP) is 1.30. The van der Waals surface area contributed by atoms with Gasteiger partial charge in [0, 0.05) is 13.1 Å². The van der Waals surface area contributed by atoms with Crippen molar-refractivity contribution in [3.63, 3.8) is 0 Å². The zero-order chi connectivity index (χ0) is 24.2. The van der Waals surface area contributed by atoms with Gasteiger partial charge >= 0.3 is 6.03 Å². The Morgan fingerprint density at radius 3 is 2.42 bits per heavy atom. The van der Waals surface area contributed by atoms with Crippen molar-refractivity contribution in [2.45, 2.75) is 32.4 Å². The first-order valence-electron chi connectivity index (χ1n) is 10.9. The van der Waals surface area contributed by atoms with Gasteiger partial charge in [-0.25, -0.2) is 4.79 Å². The molecule has 1 saturated heterocycles. The van der Waals surface area contributed by atoms with Crippen LogP contribution < -0.4 is 21.3 Å². The van der Waals surface area contributed by atoms with Crippen LogP contribution in [0.4, 0.5) is 4.79 Å². The van der Waals surface area contributed by atoms with Crippen LogP contribution in [-0.2, 0) is 14.4 Å². The van der Waals surface area contributed by atoms with Gasteiger partial charge in [0.05, 0.1) is 17.9 Å². The fraction of sp³-hybridized carbons (Fsp3) is 0.417. The number of benzene rings is 2.